The van der Waals surface area contributed by atoms with Crippen LogP contribution >= 0.6 is 0 Å². The van der Waals surface area contributed by atoms with Crippen LogP contribution in [0.4, 0.5) is 17.6 Å². The molecule has 0 spiro atoms. The molecule has 37 heavy (non-hydrogen) atoms. The Kier molecular flexibility index (Phi) is 6.70. The van der Waals surface area contributed by atoms with Gasteiger partial charge in [-0.2, -0.15) is 17.6 Å². The Morgan fingerprint density at radius 1 is 1.08 bits per heavy atom. The van der Waals surface area contributed by atoms with E-state index in [1.54, 1.807) is 36.4 Å². The molecular formula is C26H24F4N4O3. The van der Waals surface area contributed by atoms with E-state index >= 15 is 0 Å². The Labute approximate surface area is 209 Å². The highest BCUT2D eigenvalue weighted by atomic mass is 19.4. The quantitative estimate of drug-likeness (QED) is 0.368. The number of alkyl halides is 3. The number of halogens is 4. The zero-order valence-electron chi connectivity index (χ0n) is 19.7. The first-order valence-corrected chi connectivity index (χ1v) is 12.0. The van der Waals surface area contributed by atoms with Gasteiger partial charge >= 0.3 is 6.18 Å². The molecule has 7 nitrogen and oxygen atoms in total. The molecule has 1 N–H and O–H groups in total. The van der Waals surface area contributed by atoms with Gasteiger partial charge < -0.3 is 14.6 Å². The SMILES string of the molecule is O=C(N[C@@H](c1ccccc1)c1ccc(C2CC2)c(F)n1)[C@@H]1CCCN1C(=O)Cc1nc(C(F)(F)F)co1. The zero-order valence-corrected chi connectivity index (χ0v) is 19.7. The summed E-state index contributed by atoms with van der Waals surface area (Å²) in [7, 11) is 0. The van der Waals surface area contributed by atoms with Crippen LogP contribution in [0.3, 0.4) is 0 Å². The van der Waals surface area contributed by atoms with Crippen molar-refractivity contribution in [2.75, 3.05) is 6.54 Å². The van der Waals surface area contributed by atoms with Gasteiger partial charge in [0, 0.05) is 12.1 Å². The molecule has 0 bridgehead atoms. The lowest BCUT2D eigenvalue weighted by atomic mass is 10.0. The van der Waals surface area contributed by atoms with Gasteiger partial charge in [0.25, 0.3) is 0 Å². The second kappa shape index (κ2) is 9.95. The zero-order chi connectivity index (χ0) is 26.2. The molecule has 11 heteroatoms. The van der Waals surface area contributed by atoms with Crippen LogP contribution in [-0.2, 0) is 22.2 Å². The predicted octanol–water partition coefficient (Wildman–Crippen LogP) is 4.54. The number of oxazole rings is 1. The van der Waals surface area contributed by atoms with Crippen LogP contribution in [0, 0.1) is 5.95 Å². The first-order valence-electron chi connectivity index (χ1n) is 12.0. The van der Waals surface area contributed by atoms with Crippen LogP contribution in [0.1, 0.15) is 66.0 Å². The average molecular weight is 516 g/mol. The van der Waals surface area contributed by atoms with Gasteiger partial charge in [-0.15, -0.1) is 0 Å². The summed E-state index contributed by atoms with van der Waals surface area (Å²) in [5.74, 6) is -1.78. The fourth-order valence-electron chi connectivity index (χ4n) is 4.62. The summed E-state index contributed by atoms with van der Waals surface area (Å²) in [6, 6.07) is 10.8. The van der Waals surface area contributed by atoms with Crippen LogP contribution in [0.15, 0.2) is 53.1 Å². The van der Waals surface area contributed by atoms with Crippen molar-refractivity contribution in [2.24, 2.45) is 0 Å². The van der Waals surface area contributed by atoms with Gasteiger partial charge in [-0.1, -0.05) is 36.4 Å². The van der Waals surface area contributed by atoms with Gasteiger partial charge in [-0.3, -0.25) is 9.59 Å². The van der Waals surface area contributed by atoms with Crippen molar-refractivity contribution in [3.05, 3.63) is 83.1 Å². The highest BCUT2D eigenvalue weighted by molar-refractivity contribution is 5.89. The maximum atomic E-state index is 14.7. The third kappa shape index (κ3) is 5.50. The molecule has 2 fully saturated rings. The van der Waals surface area contributed by atoms with Crippen LogP contribution in [0.2, 0.25) is 0 Å². The number of likely N-dealkylation sites (tertiary alicyclic amines) is 1. The molecule has 5 rings (SSSR count). The summed E-state index contributed by atoms with van der Waals surface area (Å²) in [6.45, 7) is 0.267. The Balaban J connectivity index is 1.33. The molecule has 1 aromatic carbocycles. The Hall–Kier alpha value is -3.76. The fourth-order valence-corrected chi connectivity index (χ4v) is 4.62. The smallest absolute Gasteiger partial charge is 0.436 e. The van der Waals surface area contributed by atoms with Crippen LogP contribution in [0.25, 0.3) is 0 Å². The number of carbonyl (C=O) groups is 2. The van der Waals surface area contributed by atoms with Crippen LogP contribution in [-0.4, -0.2) is 39.3 Å². The van der Waals surface area contributed by atoms with Gasteiger partial charge in [0.05, 0.1) is 11.7 Å². The number of pyridine rings is 1. The van der Waals surface area contributed by atoms with E-state index in [0.717, 1.165) is 12.8 Å². The molecule has 1 saturated carbocycles. The third-order valence-corrected chi connectivity index (χ3v) is 6.65. The minimum atomic E-state index is -4.68. The number of benzene rings is 1. The van der Waals surface area contributed by atoms with Crippen molar-refractivity contribution in [3.63, 3.8) is 0 Å². The minimum Gasteiger partial charge on any atom is -0.448 e. The number of hydrogen-bond acceptors (Lipinski definition) is 5. The number of carbonyl (C=O) groups excluding carboxylic acids is 2. The lowest BCUT2D eigenvalue weighted by Crippen LogP contribution is -2.47. The first-order chi connectivity index (χ1) is 17.7. The average Bonchev–Trinajstić information content (AvgIpc) is 3.37. The van der Waals surface area contributed by atoms with Crippen molar-refractivity contribution < 1.29 is 31.6 Å². The first kappa shape index (κ1) is 24.9. The molecule has 194 valence electrons. The van der Waals surface area contributed by atoms with Crippen molar-refractivity contribution >= 4 is 11.8 Å². The molecule has 3 heterocycles. The highest BCUT2D eigenvalue weighted by Gasteiger charge is 2.38. The van der Waals surface area contributed by atoms with Crippen LogP contribution < -0.4 is 5.32 Å². The second-order valence-corrected chi connectivity index (χ2v) is 9.29. The maximum Gasteiger partial charge on any atom is 0.436 e. The summed E-state index contributed by atoms with van der Waals surface area (Å²) in [5.41, 5.74) is 0.368. The number of hydrogen-bond donors (Lipinski definition) is 1. The summed E-state index contributed by atoms with van der Waals surface area (Å²) < 4.78 is 58.0. The van der Waals surface area contributed by atoms with E-state index in [1.165, 1.54) is 4.90 Å². The fraction of sp³-hybridized carbons (Fsp3) is 0.385. The molecule has 3 aromatic rings. The van der Waals surface area contributed by atoms with E-state index in [-0.39, 0.29) is 18.4 Å². The van der Waals surface area contributed by atoms with Crippen LogP contribution in [0.5, 0.6) is 0 Å². The molecule has 0 radical (unpaired) electrons. The molecule has 1 aliphatic carbocycles. The van der Waals surface area contributed by atoms with Crippen molar-refractivity contribution in [1.82, 2.24) is 20.2 Å². The van der Waals surface area contributed by atoms with Gasteiger partial charge in [0.15, 0.2) is 5.69 Å². The number of rotatable bonds is 7. The Morgan fingerprint density at radius 3 is 2.49 bits per heavy atom. The topological polar surface area (TPSA) is 88.3 Å². The molecule has 1 aliphatic heterocycles. The largest absolute Gasteiger partial charge is 0.448 e. The normalized spacial score (nSPS) is 18.6. The highest BCUT2D eigenvalue weighted by Crippen LogP contribution is 2.41. The second-order valence-electron chi connectivity index (χ2n) is 9.29. The maximum absolute atomic E-state index is 14.7. The summed E-state index contributed by atoms with van der Waals surface area (Å²) in [4.78, 5) is 35.0. The van der Waals surface area contributed by atoms with E-state index < -0.39 is 48.1 Å². The molecular weight excluding hydrogens is 492 g/mol. The number of aromatic nitrogens is 2. The Bertz CT molecular complexity index is 1290. The molecule has 2 aromatic heterocycles. The van der Waals surface area contributed by atoms with E-state index in [1.807, 2.05) is 6.07 Å². The summed E-state index contributed by atoms with van der Waals surface area (Å²) in [5, 5.41) is 2.91. The van der Waals surface area contributed by atoms with E-state index in [2.05, 4.69) is 15.3 Å². The standard InChI is InChI=1S/C26H24F4N4O3/c27-24-17(15-8-9-15)10-11-18(31-24)23(16-5-2-1-3-6-16)33-25(36)19-7-4-12-34(19)22(35)13-21-32-20(14-37-21)26(28,29)30/h1-3,5-6,10-11,14-15,19,23H,4,7-9,12-13H2,(H,33,36)/t19-,23-/m0/s1. The third-order valence-electron chi connectivity index (χ3n) is 6.65. The van der Waals surface area contributed by atoms with Gasteiger partial charge in [0.1, 0.15) is 18.7 Å². The van der Waals surface area contributed by atoms with E-state index in [9.17, 15) is 27.2 Å². The number of nitrogens with zero attached hydrogens (tertiary/aromatic N) is 3. The minimum absolute atomic E-state index is 0.181. The van der Waals surface area contributed by atoms with Crippen molar-refractivity contribution in [3.8, 4) is 0 Å². The number of nitrogens with one attached hydrogen (secondary N) is 1. The molecule has 1 saturated heterocycles. The lowest BCUT2D eigenvalue weighted by Gasteiger charge is -2.26. The Morgan fingerprint density at radius 2 is 1.84 bits per heavy atom. The van der Waals surface area contributed by atoms with Gasteiger partial charge in [-0.05, 0) is 43.2 Å². The van der Waals surface area contributed by atoms with Crippen molar-refractivity contribution in [1.29, 1.82) is 0 Å². The van der Waals surface area contributed by atoms with Crippen molar-refractivity contribution in [2.45, 2.75) is 56.3 Å². The summed E-state index contributed by atoms with van der Waals surface area (Å²) in [6.07, 6.45) is -1.96. The molecule has 2 aliphatic rings. The van der Waals surface area contributed by atoms with E-state index in [4.69, 9.17) is 4.42 Å². The monoisotopic (exact) mass is 516 g/mol. The van der Waals surface area contributed by atoms with Gasteiger partial charge in [0.2, 0.25) is 23.7 Å². The lowest BCUT2D eigenvalue weighted by molar-refractivity contribution is -0.141. The van der Waals surface area contributed by atoms with Gasteiger partial charge in [-0.25, -0.2) is 9.97 Å². The van der Waals surface area contributed by atoms with E-state index in [0.29, 0.717) is 35.9 Å². The number of amides is 2. The summed E-state index contributed by atoms with van der Waals surface area (Å²) >= 11 is 0. The molecule has 0 unspecified atom stereocenters. The molecule has 2 atom stereocenters. The molecule has 2 amide bonds. The predicted molar refractivity (Wildman–Crippen MR) is 123 cm³/mol.